The third-order valence-corrected chi connectivity index (χ3v) is 5.50. The minimum absolute atomic E-state index is 1.08. The molecule has 0 fully saturated rings. The summed E-state index contributed by atoms with van der Waals surface area (Å²) in [5.74, 6) is 0. The van der Waals surface area contributed by atoms with Gasteiger partial charge in [-0.05, 0) is 90.2 Å². The van der Waals surface area contributed by atoms with Gasteiger partial charge >= 0.3 is 0 Å². The number of aryl methyl sites for hydroxylation is 1. The molecule has 0 heteroatoms. The van der Waals surface area contributed by atoms with E-state index in [1.165, 1.54) is 52.7 Å². The van der Waals surface area contributed by atoms with E-state index in [-0.39, 0.29) is 0 Å². The van der Waals surface area contributed by atoms with Gasteiger partial charge in [-0.3, -0.25) is 0 Å². The highest BCUT2D eigenvalue weighted by molar-refractivity contribution is 5.69. The molecule has 0 nitrogen and oxygen atoms in total. The lowest BCUT2D eigenvalue weighted by Gasteiger charge is -2.07. The molecule has 0 N–H and O–H groups in total. The van der Waals surface area contributed by atoms with Crippen molar-refractivity contribution in [3.8, 4) is 0 Å². The van der Waals surface area contributed by atoms with Crippen molar-refractivity contribution in [3.63, 3.8) is 0 Å². The fraction of sp³-hybridized carbons (Fsp3) is 0.400. The first kappa shape index (κ1) is 43.9. The summed E-state index contributed by atoms with van der Waals surface area (Å²) in [6.07, 6.45) is 16.1. The zero-order valence-corrected chi connectivity index (χ0v) is 28.9. The van der Waals surface area contributed by atoms with Crippen molar-refractivity contribution in [2.24, 2.45) is 0 Å². The number of hydrogen-bond donors (Lipinski definition) is 0. The van der Waals surface area contributed by atoms with Gasteiger partial charge in [-0.2, -0.15) is 0 Å². The normalized spacial score (nSPS) is 10.8. The summed E-state index contributed by atoms with van der Waals surface area (Å²) < 4.78 is 0. The standard InChI is InChI=1S/C13H16.C11H16.C9H14.C5H12.C2H6/c1-9(2)12-6-7-13(10(3)4)11(5)8-12;1-6-8-11(9(3)4)10(5)7-2;1-5-9(4)7-6-8(2)3;1-3-5-4-2;1-2/h6-8H,1,3H2,2,4-5H3;6-8H,2-3H2,1,4-5H3;5-7H,2H2,1,3-4H3;3-5H2,1-2H3;1-2H3/b;8-6+,11-10+;7-6-,9-5-;;. The summed E-state index contributed by atoms with van der Waals surface area (Å²) in [7, 11) is 0. The van der Waals surface area contributed by atoms with Crippen LogP contribution < -0.4 is 0 Å². The minimum Gasteiger partial charge on any atom is -0.0988 e. The maximum Gasteiger partial charge on any atom is -0.0204 e. The van der Waals surface area contributed by atoms with Crippen molar-refractivity contribution < 1.29 is 0 Å². The summed E-state index contributed by atoms with van der Waals surface area (Å²) in [5, 5.41) is 0. The van der Waals surface area contributed by atoms with Crippen LogP contribution in [0.3, 0.4) is 0 Å². The van der Waals surface area contributed by atoms with Crippen LogP contribution in [-0.4, -0.2) is 0 Å². The van der Waals surface area contributed by atoms with Crippen molar-refractivity contribution in [2.75, 3.05) is 0 Å². The molecule has 1 aromatic rings. The third-order valence-electron chi connectivity index (χ3n) is 5.50. The summed E-state index contributed by atoms with van der Waals surface area (Å²) in [6.45, 7) is 45.9. The molecule has 0 radical (unpaired) electrons. The molecule has 1 aromatic carbocycles. The van der Waals surface area contributed by atoms with Crippen LogP contribution in [-0.2, 0) is 0 Å². The summed E-state index contributed by atoms with van der Waals surface area (Å²) in [4.78, 5) is 0. The summed E-state index contributed by atoms with van der Waals surface area (Å²) >= 11 is 0. The molecular weight excluding hydrogens is 480 g/mol. The Kier molecular flexibility index (Phi) is 31.7. The number of hydrogen-bond acceptors (Lipinski definition) is 0. The van der Waals surface area contributed by atoms with Gasteiger partial charge in [-0.25, -0.2) is 0 Å². The Balaban J connectivity index is -0.000000220. The van der Waals surface area contributed by atoms with Crippen molar-refractivity contribution in [1.29, 1.82) is 0 Å². The Hall–Kier alpha value is -3.12. The van der Waals surface area contributed by atoms with E-state index in [4.69, 9.17) is 0 Å². The molecule has 1 rings (SSSR count). The van der Waals surface area contributed by atoms with Crippen LogP contribution in [0.25, 0.3) is 11.1 Å². The topological polar surface area (TPSA) is 0 Å². The van der Waals surface area contributed by atoms with E-state index in [0.717, 1.165) is 22.3 Å². The highest BCUT2D eigenvalue weighted by atomic mass is 14.1. The van der Waals surface area contributed by atoms with Gasteiger partial charge in [0.2, 0.25) is 0 Å². The molecular formula is C40H64. The maximum atomic E-state index is 3.94. The Labute approximate surface area is 252 Å². The third kappa shape index (κ3) is 25.2. The molecule has 0 heterocycles. The highest BCUT2D eigenvalue weighted by Crippen LogP contribution is 2.21. The lowest BCUT2D eigenvalue weighted by atomic mass is 9.98. The smallest absolute Gasteiger partial charge is 0.0204 e. The number of unbranched alkanes of at least 4 members (excludes halogenated alkanes) is 2. The molecule has 0 atom stereocenters. The van der Waals surface area contributed by atoms with Crippen molar-refractivity contribution in [3.05, 3.63) is 132 Å². The molecule has 0 aliphatic rings. The van der Waals surface area contributed by atoms with Gasteiger partial charge < -0.3 is 0 Å². The molecule has 0 saturated heterocycles. The van der Waals surface area contributed by atoms with E-state index in [1.54, 1.807) is 0 Å². The molecule has 224 valence electrons. The molecule has 0 spiro atoms. The minimum atomic E-state index is 1.08. The van der Waals surface area contributed by atoms with Crippen LogP contribution in [0.4, 0.5) is 0 Å². The Morgan fingerprint density at radius 2 is 1.30 bits per heavy atom. The fourth-order valence-corrected chi connectivity index (χ4v) is 3.02. The zero-order chi connectivity index (χ0) is 32.3. The van der Waals surface area contributed by atoms with Crippen LogP contribution in [0.15, 0.2) is 115 Å². The molecule has 0 bridgehead atoms. The predicted molar refractivity (Wildman–Crippen MR) is 193 cm³/mol. The van der Waals surface area contributed by atoms with Gasteiger partial charge in [-0.15, -0.1) is 0 Å². The van der Waals surface area contributed by atoms with Gasteiger partial charge in [0, 0.05) is 0 Å². The molecule has 0 aliphatic heterocycles. The van der Waals surface area contributed by atoms with Crippen LogP contribution in [0.2, 0.25) is 0 Å². The molecule has 0 unspecified atom stereocenters. The Bertz CT molecular complexity index is 1010. The van der Waals surface area contributed by atoms with Gasteiger partial charge in [0.15, 0.2) is 0 Å². The average Bonchev–Trinajstić information content (AvgIpc) is 2.92. The number of allylic oxidation sites excluding steroid dienone is 13. The fourth-order valence-electron chi connectivity index (χ4n) is 3.02. The first-order chi connectivity index (χ1) is 18.7. The molecule has 0 aromatic heterocycles. The first-order valence-corrected chi connectivity index (χ1v) is 14.7. The largest absolute Gasteiger partial charge is 0.0988 e. The van der Waals surface area contributed by atoms with Gasteiger partial charge in [0.1, 0.15) is 0 Å². The van der Waals surface area contributed by atoms with Gasteiger partial charge in [0.25, 0.3) is 0 Å². The molecule has 0 saturated carbocycles. The Morgan fingerprint density at radius 3 is 1.57 bits per heavy atom. The van der Waals surface area contributed by atoms with Gasteiger partial charge in [0.05, 0.1) is 0 Å². The second kappa shape index (κ2) is 28.9. The molecule has 40 heavy (non-hydrogen) atoms. The molecule has 0 amide bonds. The maximum absolute atomic E-state index is 3.94. The quantitative estimate of drug-likeness (QED) is 0.271. The monoisotopic (exact) mass is 545 g/mol. The van der Waals surface area contributed by atoms with E-state index < -0.39 is 0 Å². The van der Waals surface area contributed by atoms with Crippen LogP contribution >= 0.6 is 0 Å². The lowest BCUT2D eigenvalue weighted by molar-refractivity contribution is 0.772. The van der Waals surface area contributed by atoms with E-state index in [0.29, 0.717) is 0 Å². The van der Waals surface area contributed by atoms with E-state index in [1.807, 2.05) is 80.5 Å². The number of benzene rings is 1. The zero-order valence-electron chi connectivity index (χ0n) is 28.9. The highest BCUT2D eigenvalue weighted by Gasteiger charge is 2.00. The van der Waals surface area contributed by atoms with Crippen molar-refractivity contribution in [2.45, 2.75) is 109 Å². The van der Waals surface area contributed by atoms with Crippen LogP contribution in [0, 0.1) is 6.92 Å². The van der Waals surface area contributed by atoms with Crippen LogP contribution in [0.5, 0.6) is 0 Å². The van der Waals surface area contributed by atoms with E-state index in [2.05, 4.69) is 97.0 Å². The second-order valence-electron chi connectivity index (χ2n) is 9.74. The van der Waals surface area contributed by atoms with Crippen LogP contribution in [0.1, 0.15) is 119 Å². The lowest BCUT2D eigenvalue weighted by Crippen LogP contribution is -1.87. The first-order valence-electron chi connectivity index (χ1n) is 14.7. The van der Waals surface area contributed by atoms with Crippen molar-refractivity contribution >= 4 is 11.1 Å². The SMILES string of the molecule is C=C(C)/C=C\C(C)=C/C.C=C(C)c1ccc(C(=C)C)c(C)c1.C=C/C(C)=C(\C=C\C)C(=C)C.CC.CCCCC. The van der Waals surface area contributed by atoms with Crippen molar-refractivity contribution in [1.82, 2.24) is 0 Å². The van der Waals surface area contributed by atoms with E-state index >= 15 is 0 Å². The summed E-state index contributed by atoms with van der Waals surface area (Å²) in [5.41, 5.74) is 11.8. The van der Waals surface area contributed by atoms with Gasteiger partial charge in [-0.1, -0.05) is 162 Å². The average molecular weight is 545 g/mol. The number of rotatable bonds is 9. The summed E-state index contributed by atoms with van der Waals surface area (Å²) in [6, 6.07) is 6.37. The molecule has 0 aliphatic carbocycles. The van der Waals surface area contributed by atoms with E-state index in [9.17, 15) is 0 Å². The predicted octanol–water partition coefficient (Wildman–Crippen LogP) is 14.0. The Morgan fingerprint density at radius 1 is 0.775 bits per heavy atom. The second-order valence-corrected chi connectivity index (χ2v) is 9.74.